The molecule has 0 spiro atoms. The molecule has 0 aliphatic carbocycles. The lowest BCUT2D eigenvalue weighted by Crippen LogP contribution is -2.34. The highest BCUT2D eigenvalue weighted by molar-refractivity contribution is 5.92. The molecular formula is C17H21N3O. The maximum atomic E-state index is 5.30. The second-order valence-corrected chi connectivity index (χ2v) is 6.03. The first kappa shape index (κ1) is 12.9. The third kappa shape index (κ3) is 2.23. The Morgan fingerprint density at radius 2 is 2.19 bits per heavy atom. The predicted octanol–water partition coefficient (Wildman–Crippen LogP) is 2.89. The number of hydrogen-bond donors (Lipinski definition) is 1. The highest BCUT2D eigenvalue weighted by Gasteiger charge is 2.37. The van der Waals surface area contributed by atoms with Crippen molar-refractivity contribution < 1.29 is 4.74 Å². The fourth-order valence-corrected chi connectivity index (χ4v) is 3.82. The van der Waals surface area contributed by atoms with Gasteiger partial charge in [-0.15, -0.1) is 0 Å². The molecule has 110 valence electrons. The van der Waals surface area contributed by atoms with Gasteiger partial charge in [0, 0.05) is 30.2 Å². The van der Waals surface area contributed by atoms with Crippen LogP contribution in [0.25, 0.3) is 10.8 Å². The smallest absolute Gasteiger partial charge is 0.134 e. The van der Waals surface area contributed by atoms with Crippen LogP contribution < -0.4 is 10.1 Å². The Morgan fingerprint density at radius 1 is 1.24 bits per heavy atom. The van der Waals surface area contributed by atoms with Crippen LogP contribution in [0.2, 0.25) is 0 Å². The number of aromatic nitrogens is 1. The summed E-state index contributed by atoms with van der Waals surface area (Å²) < 4.78 is 5.30. The summed E-state index contributed by atoms with van der Waals surface area (Å²) in [6.07, 6.45) is 5.75. The first-order valence-corrected chi connectivity index (χ1v) is 7.78. The normalized spacial score (nSPS) is 25.2. The molecule has 1 aromatic heterocycles. The number of methoxy groups -OCH3 is 1. The second-order valence-electron chi connectivity index (χ2n) is 6.03. The van der Waals surface area contributed by atoms with Gasteiger partial charge in [-0.2, -0.15) is 0 Å². The first-order valence-electron chi connectivity index (χ1n) is 7.78. The molecule has 4 nitrogen and oxygen atoms in total. The van der Waals surface area contributed by atoms with Crippen LogP contribution in [0.3, 0.4) is 0 Å². The molecule has 2 aliphatic rings. The maximum Gasteiger partial charge on any atom is 0.134 e. The van der Waals surface area contributed by atoms with Gasteiger partial charge in [-0.1, -0.05) is 0 Å². The van der Waals surface area contributed by atoms with Crippen LogP contribution in [0, 0.1) is 0 Å². The van der Waals surface area contributed by atoms with E-state index in [0.29, 0.717) is 12.1 Å². The molecule has 3 heterocycles. The number of fused-ring (bicyclic) bond motifs is 2. The molecule has 0 saturated carbocycles. The molecule has 2 aliphatic heterocycles. The molecule has 0 radical (unpaired) electrons. The standard InChI is InChI=1S/C17H21N3O/c1-21-13-4-5-14-12(11-13)6-8-18-17(14)19-15-7-10-20-9-2-3-16(15)20/h4-6,8,11,15-16H,2-3,7,9-10H2,1H3,(H,18,19). The average molecular weight is 283 g/mol. The van der Waals surface area contributed by atoms with E-state index >= 15 is 0 Å². The summed E-state index contributed by atoms with van der Waals surface area (Å²) in [5.41, 5.74) is 0. The van der Waals surface area contributed by atoms with Gasteiger partial charge in [-0.05, 0) is 55.5 Å². The van der Waals surface area contributed by atoms with Gasteiger partial charge in [0.05, 0.1) is 7.11 Å². The lowest BCUT2D eigenvalue weighted by atomic mass is 10.1. The number of ether oxygens (including phenoxy) is 1. The van der Waals surface area contributed by atoms with Gasteiger partial charge in [0.15, 0.2) is 0 Å². The van der Waals surface area contributed by atoms with Crippen LogP contribution in [0.4, 0.5) is 5.82 Å². The van der Waals surface area contributed by atoms with E-state index in [1.807, 2.05) is 18.3 Å². The van der Waals surface area contributed by atoms with Crippen molar-refractivity contribution in [1.82, 2.24) is 9.88 Å². The topological polar surface area (TPSA) is 37.4 Å². The fourth-order valence-electron chi connectivity index (χ4n) is 3.82. The highest BCUT2D eigenvalue weighted by Crippen LogP contribution is 2.32. The number of hydrogen-bond acceptors (Lipinski definition) is 4. The largest absolute Gasteiger partial charge is 0.497 e. The summed E-state index contributed by atoms with van der Waals surface area (Å²) >= 11 is 0. The Bertz CT molecular complexity index is 658. The minimum Gasteiger partial charge on any atom is -0.497 e. The lowest BCUT2D eigenvalue weighted by Gasteiger charge is -2.22. The monoisotopic (exact) mass is 283 g/mol. The van der Waals surface area contributed by atoms with Crippen LogP contribution in [0.15, 0.2) is 30.5 Å². The molecule has 0 amide bonds. The molecule has 2 atom stereocenters. The van der Waals surface area contributed by atoms with Crippen molar-refractivity contribution in [2.45, 2.75) is 31.3 Å². The fraction of sp³-hybridized carbons (Fsp3) is 0.471. The van der Waals surface area contributed by atoms with E-state index in [1.165, 1.54) is 43.1 Å². The van der Waals surface area contributed by atoms with Crippen molar-refractivity contribution in [2.75, 3.05) is 25.5 Å². The number of rotatable bonds is 3. The third-order valence-corrected chi connectivity index (χ3v) is 4.90. The zero-order chi connectivity index (χ0) is 14.2. The maximum absolute atomic E-state index is 5.30. The van der Waals surface area contributed by atoms with Crippen LogP contribution in [-0.2, 0) is 0 Å². The Balaban J connectivity index is 1.64. The Morgan fingerprint density at radius 3 is 3.10 bits per heavy atom. The minimum absolute atomic E-state index is 0.535. The van der Waals surface area contributed by atoms with E-state index in [4.69, 9.17) is 4.74 Å². The van der Waals surface area contributed by atoms with E-state index < -0.39 is 0 Å². The van der Waals surface area contributed by atoms with Gasteiger partial charge in [0.25, 0.3) is 0 Å². The summed E-state index contributed by atoms with van der Waals surface area (Å²) in [6.45, 7) is 2.49. The van der Waals surface area contributed by atoms with Crippen molar-refractivity contribution in [3.63, 3.8) is 0 Å². The van der Waals surface area contributed by atoms with E-state index in [1.54, 1.807) is 7.11 Å². The van der Waals surface area contributed by atoms with Crippen molar-refractivity contribution >= 4 is 16.6 Å². The van der Waals surface area contributed by atoms with Crippen molar-refractivity contribution in [3.05, 3.63) is 30.5 Å². The molecule has 21 heavy (non-hydrogen) atoms. The van der Waals surface area contributed by atoms with Crippen LogP contribution >= 0.6 is 0 Å². The third-order valence-electron chi connectivity index (χ3n) is 4.90. The van der Waals surface area contributed by atoms with E-state index in [0.717, 1.165) is 11.6 Å². The summed E-state index contributed by atoms with van der Waals surface area (Å²) in [7, 11) is 1.70. The second kappa shape index (κ2) is 5.19. The first-order chi connectivity index (χ1) is 10.3. The molecule has 2 aromatic rings. The molecule has 1 N–H and O–H groups in total. The van der Waals surface area contributed by atoms with Gasteiger partial charge in [-0.3, -0.25) is 4.90 Å². The Labute approximate surface area is 125 Å². The summed E-state index contributed by atoms with van der Waals surface area (Å²) in [5, 5.41) is 6.05. The number of anilines is 1. The predicted molar refractivity (Wildman–Crippen MR) is 84.9 cm³/mol. The Hall–Kier alpha value is -1.81. The lowest BCUT2D eigenvalue weighted by molar-refractivity contribution is 0.318. The van der Waals surface area contributed by atoms with Crippen molar-refractivity contribution in [3.8, 4) is 5.75 Å². The molecule has 4 heteroatoms. The van der Waals surface area contributed by atoms with Crippen LogP contribution in [0.5, 0.6) is 5.75 Å². The van der Waals surface area contributed by atoms with E-state index in [2.05, 4.69) is 27.3 Å². The Kier molecular flexibility index (Phi) is 3.19. The molecule has 2 fully saturated rings. The number of pyridine rings is 1. The molecule has 0 bridgehead atoms. The van der Waals surface area contributed by atoms with Gasteiger partial charge in [-0.25, -0.2) is 4.98 Å². The summed E-state index contributed by atoms with van der Waals surface area (Å²) in [5.74, 6) is 1.90. The van der Waals surface area contributed by atoms with Gasteiger partial charge >= 0.3 is 0 Å². The molecule has 2 saturated heterocycles. The SMILES string of the molecule is COc1ccc2c(NC3CCN4CCCC34)nccc2c1. The number of nitrogens with zero attached hydrogens (tertiary/aromatic N) is 2. The van der Waals surface area contributed by atoms with Gasteiger partial charge in [0.1, 0.15) is 11.6 Å². The molecule has 1 aromatic carbocycles. The van der Waals surface area contributed by atoms with Crippen LogP contribution in [0.1, 0.15) is 19.3 Å². The van der Waals surface area contributed by atoms with Gasteiger partial charge in [0.2, 0.25) is 0 Å². The zero-order valence-electron chi connectivity index (χ0n) is 12.4. The van der Waals surface area contributed by atoms with E-state index in [9.17, 15) is 0 Å². The zero-order valence-corrected chi connectivity index (χ0v) is 12.4. The average Bonchev–Trinajstić information content (AvgIpc) is 3.12. The number of nitrogens with one attached hydrogen (secondary N) is 1. The highest BCUT2D eigenvalue weighted by atomic mass is 16.5. The quantitative estimate of drug-likeness (QED) is 0.940. The van der Waals surface area contributed by atoms with Crippen molar-refractivity contribution in [1.29, 1.82) is 0 Å². The minimum atomic E-state index is 0.535. The molecular weight excluding hydrogens is 262 g/mol. The summed E-state index contributed by atoms with van der Waals surface area (Å²) in [6, 6.07) is 9.45. The van der Waals surface area contributed by atoms with Crippen molar-refractivity contribution in [2.24, 2.45) is 0 Å². The molecule has 4 rings (SSSR count). The molecule has 2 unspecified atom stereocenters. The van der Waals surface area contributed by atoms with Gasteiger partial charge < -0.3 is 10.1 Å². The number of benzene rings is 1. The van der Waals surface area contributed by atoms with Crippen LogP contribution in [-0.4, -0.2) is 42.2 Å². The van der Waals surface area contributed by atoms with E-state index in [-0.39, 0.29) is 0 Å². The summed E-state index contributed by atoms with van der Waals surface area (Å²) in [4.78, 5) is 7.19.